The molecule has 6 nitrogen and oxygen atoms in total. The van der Waals surface area contributed by atoms with E-state index in [4.69, 9.17) is 18.9 Å². The number of carbonyl (C=O) groups excluding carboxylic acids is 2. The molecule has 1 aromatic carbocycles. The van der Waals surface area contributed by atoms with Gasteiger partial charge in [-0.2, -0.15) is 0 Å². The molecule has 0 bridgehead atoms. The summed E-state index contributed by atoms with van der Waals surface area (Å²) in [4.78, 5) is 22.7. The SMILES string of the molecule is CC(=O)OCC1OC(OCC=C=CCc2ccccc2)C(OC(C)=O)C(C)C1C. The van der Waals surface area contributed by atoms with Gasteiger partial charge in [-0.05, 0) is 30.1 Å². The van der Waals surface area contributed by atoms with Crippen LogP contribution in [-0.4, -0.2) is 43.7 Å². The summed E-state index contributed by atoms with van der Waals surface area (Å²) < 4.78 is 22.4. The van der Waals surface area contributed by atoms with E-state index in [1.54, 1.807) is 6.08 Å². The molecular formula is C23H30O6. The van der Waals surface area contributed by atoms with Crippen molar-refractivity contribution >= 4 is 11.9 Å². The first-order chi connectivity index (χ1) is 13.9. The van der Waals surface area contributed by atoms with E-state index in [1.165, 1.54) is 19.4 Å². The smallest absolute Gasteiger partial charge is 0.303 e. The molecule has 0 aliphatic carbocycles. The second-order valence-electron chi connectivity index (χ2n) is 7.24. The summed E-state index contributed by atoms with van der Waals surface area (Å²) >= 11 is 0. The number of ether oxygens (including phenoxy) is 4. The third-order valence-corrected chi connectivity index (χ3v) is 5.02. The molecule has 6 heteroatoms. The van der Waals surface area contributed by atoms with Crippen LogP contribution < -0.4 is 0 Å². The molecule has 0 amide bonds. The second-order valence-corrected chi connectivity index (χ2v) is 7.24. The highest BCUT2D eigenvalue weighted by Crippen LogP contribution is 2.33. The van der Waals surface area contributed by atoms with Gasteiger partial charge in [0.25, 0.3) is 0 Å². The molecule has 0 spiro atoms. The minimum absolute atomic E-state index is 0.0178. The molecule has 0 saturated carbocycles. The number of hydrogen-bond acceptors (Lipinski definition) is 6. The molecule has 0 aromatic heterocycles. The predicted octanol–water partition coefficient (Wildman–Crippen LogP) is 3.45. The summed E-state index contributed by atoms with van der Waals surface area (Å²) in [6, 6.07) is 10.1. The first-order valence-corrected chi connectivity index (χ1v) is 9.89. The molecule has 1 saturated heterocycles. The Hall–Kier alpha value is -2.40. The molecule has 5 atom stereocenters. The van der Waals surface area contributed by atoms with E-state index in [2.05, 4.69) is 17.9 Å². The largest absolute Gasteiger partial charge is 0.463 e. The lowest BCUT2D eigenvalue weighted by molar-refractivity contribution is -0.277. The first kappa shape index (κ1) is 22.9. The fourth-order valence-corrected chi connectivity index (χ4v) is 3.20. The monoisotopic (exact) mass is 402 g/mol. The maximum Gasteiger partial charge on any atom is 0.303 e. The van der Waals surface area contributed by atoms with Gasteiger partial charge in [0.15, 0.2) is 12.4 Å². The zero-order valence-electron chi connectivity index (χ0n) is 17.5. The van der Waals surface area contributed by atoms with Crippen LogP contribution in [0.5, 0.6) is 0 Å². The van der Waals surface area contributed by atoms with E-state index in [-0.39, 0.29) is 43.1 Å². The van der Waals surface area contributed by atoms with Gasteiger partial charge in [-0.3, -0.25) is 9.59 Å². The third-order valence-electron chi connectivity index (χ3n) is 5.02. The maximum atomic E-state index is 11.5. The summed E-state index contributed by atoms with van der Waals surface area (Å²) in [6.45, 7) is 7.09. The predicted molar refractivity (Wildman–Crippen MR) is 108 cm³/mol. The highest BCUT2D eigenvalue weighted by Gasteiger charge is 2.44. The Kier molecular flexibility index (Phi) is 9.13. The van der Waals surface area contributed by atoms with Crippen LogP contribution in [0.3, 0.4) is 0 Å². The van der Waals surface area contributed by atoms with Gasteiger partial charge in [0.1, 0.15) is 6.61 Å². The zero-order chi connectivity index (χ0) is 21.2. The average molecular weight is 402 g/mol. The topological polar surface area (TPSA) is 71.1 Å². The zero-order valence-corrected chi connectivity index (χ0v) is 17.5. The summed E-state index contributed by atoms with van der Waals surface area (Å²) in [5.74, 6) is -0.738. The van der Waals surface area contributed by atoms with Crippen molar-refractivity contribution in [3.8, 4) is 0 Å². The van der Waals surface area contributed by atoms with Crippen LogP contribution in [0.1, 0.15) is 33.3 Å². The molecule has 1 aromatic rings. The molecule has 5 unspecified atom stereocenters. The van der Waals surface area contributed by atoms with E-state index in [0.29, 0.717) is 0 Å². The molecule has 1 aliphatic rings. The normalized spacial score (nSPS) is 26.1. The van der Waals surface area contributed by atoms with Gasteiger partial charge in [0.05, 0.1) is 12.7 Å². The lowest BCUT2D eigenvalue weighted by Gasteiger charge is -2.43. The summed E-state index contributed by atoms with van der Waals surface area (Å²) in [7, 11) is 0. The van der Waals surface area contributed by atoms with Crippen LogP contribution in [0.15, 0.2) is 48.2 Å². The molecule has 29 heavy (non-hydrogen) atoms. The van der Waals surface area contributed by atoms with Gasteiger partial charge >= 0.3 is 11.9 Å². The third kappa shape index (κ3) is 7.50. The van der Waals surface area contributed by atoms with Gasteiger partial charge in [-0.25, -0.2) is 0 Å². The van der Waals surface area contributed by atoms with Crippen molar-refractivity contribution in [2.45, 2.75) is 52.6 Å². The standard InChI is InChI=1S/C23H30O6/c1-16-17(2)22(28-19(4)25)23(29-21(16)15-27-18(3)24)26-14-10-6-9-13-20-11-7-5-8-12-20/h5,7-12,16-17,21-23H,13-15H2,1-4H3. The van der Waals surface area contributed by atoms with Crippen molar-refractivity contribution in [3.05, 3.63) is 53.8 Å². The van der Waals surface area contributed by atoms with E-state index in [1.807, 2.05) is 38.1 Å². The molecule has 2 rings (SSSR count). The number of carbonyl (C=O) groups is 2. The van der Waals surface area contributed by atoms with Crippen molar-refractivity contribution in [2.24, 2.45) is 11.8 Å². The molecule has 158 valence electrons. The number of esters is 2. The van der Waals surface area contributed by atoms with Crippen LogP contribution in [0.4, 0.5) is 0 Å². The van der Waals surface area contributed by atoms with Gasteiger partial charge in [0.2, 0.25) is 0 Å². The van der Waals surface area contributed by atoms with Gasteiger partial charge in [0, 0.05) is 19.8 Å². The Morgan fingerprint density at radius 1 is 1.07 bits per heavy atom. The van der Waals surface area contributed by atoms with E-state index in [0.717, 1.165) is 6.42 Å². The number of hydrogen-bond donors (Lipinski definition) is 0. The van der Waals surface area contributed by atoms with Gasteiger partial charge in [-0.15, -0.1) is 5.73 Å². The van der Waals surface area contributed by atoms with Crippen molar-refractivity contribution in [3.63, 3.8) is 0 Å². The highest BCUT2D eigenvalue weighted by molar-refractivity contribution is 5.66. The first-order valence-electron chi connectivity index (χ1n) is 9.89. The Morgan fingerprint density at radius 3 is 2.45 bits per heavy atom. The second kappa shape index (κ2) is 11.6. The summed E-state index contributed by atoms with van der Waals surface area (Å²) in [6.07, 6.45) is 2.88. The lowest BCUT2D eigenvalue weighted by atomic mass is 9.83. The average Bonchev–Trinajstić information content (AvgIpc) is 2.69. The van der Waals surface area contributed by atoms with E-state index in [9.17, 15) is 9.59 Å². The summed E-state index contributed by atoms with van der Waals surface area (Å²) in [5, 5.41) is 0. The molecule has 0 N–H and O–H groups in total. The van der Waals surface area contributed by atoms with E-state index < -0.39 is 12.4 Å². The maximum absolute atomic E-state index is 11.5. The molecule has 0 radical (unpaired) electrons. The molecule has 1 heterocycles. The van der Waals surface area contributed by atoms with Crippen LogP contribution >= 0.6 is 0 Å². The molecule has 1 aliphatic heterocycles. The van der Waals surface area contributed by atoms with Crippen LogP contribution in [0, 0.1) is 11.8 Å². The van der Waals surface area contributed by atoms with Crippen LogP contribution in [-0.2, 0) is 35.0 Å². The Labute approximate surface area is 172 Å². The number of rotatable bonds is 8. The van der Waals surface area contributed by atoms with Crippen molar-refractivity contribution in [1.82, 2.24) is 0 Å². The van der Waals surface area contributed by atoms with Crippen molar-refractivity contribution in [2.75, 3.05) is 13.2 Å². The Morgan fingerprint density at radius 2 is 1.79 bits per heavy atom. The van der Waals surface area contributed by atoms with Crippen molar-refractivity contribution in [1.29, 1.82) is 0 Å². The Balaban J connectivity index is 1.96. The van der Waals surface area contributed by atoms with Gasteiger partial charge < -0.3 is 18.9 Å². The molecule has 1 fully saturated rings. The highest BCUT2D eigenvalue weighted by atomic mass is 16.7. The minimum Gasteiger partial charge on any atom is -0.463 e. The minimum atomic E-state index is -0.738. The van der Waals surface area contributed by atoms with Gasteiger partial charge in [-0.1, -0.05) is 44.2 Å². The van der Waals surface area contributed by atoms with E-state index >= 15 is 0 Å². The lowest BCUT2D eigenvalue weighted by Crippen LogP contribution is -2.53. The van der Waals surface area contributed by atoms with Crippen LogP contribution in [0.25, 0.3) is 0 Å². The quantitative estimate of drug-likeness (QED) is 0.490. The van der Waals surface area contributed by atoms with Crippen molar-refractivity contribution < 1.29 is 28.5 Å². The summed E-state index contributed by atoms with van der Waals surface area (Å²) in [5.41, 5.74) is 4.30. The Bertz CT molecular complexity index is 720. The molecular weight excluding hydrogens is 372 g/mol. The number of benzene rings is 1. The fraction of sp³-hybridized carbons (Fsp3) is 0.522. The van der Waals surface area contributed by atoms with Crippen LogP contribution in [0.2, 0.25) is 0 Å². The fourth-order valence-electron chi connectivity index (χ4n) is 3.20.